The largest absolute Gasteiger partial charge is 0.550 e. The number of fused-ring (bicyclic) bond motifs is 8. The van der Waals surface area contributed by atoms with Crippen LogP contribution in [-0.2, 0) is 0 Å². The van der Waals surface area contributed by atoms with E-state index in [2.05, 4.69) is 261 Å². The molecule has 0 fully saturated rings. The summed E-state index contributed by atoms with van der Waals surface area (Å²) in [5.74, 6) is 0. The van der Waals surface area contributed by atoms with Gasteiger partial charge in [0.2, 0.25) is 0 Å². The highest BCUT2D eigenvalue weighted by Crippen LogP contribution is 2.45. The summed E-state index contributed by atoms with van der Waals surface area (Å²) < 4.78 is 4.95. The topological polar surface area (TPSA) is 13.1 Å². The Kier molecular flexibility index (Phi) is 9.25. The molecule has 64 heavy (non-hydrogen) atoms. The number of hydrogen-bond donors (Lipinski definition) is 0. The van der Waals surface area contributed by atoms with Gasteiger partial charge >= 0.3 is 0 Å². The molecule has 0 amide bonds. The molecule has 1 unspecified atom stereocenters. The average Bonchev–Trinajstić information content (AvgIpc) is 3.88. The molecule has 10 aromatic carbocycles. The van der Waals surface area contributed by atoms with E-state index in [4.69, 9.17) is 0 Å². The van der Waals surface area contributed by atoms with E-state index in [1.165, 1.54) is 76.7 Å². The first-order chi connectivity index (χ1) is 31.6. The lowest BCUT2D eigenvalue weighted by Gasteiger charge is -2.28. The van der Waals surface area contributed by atoms with E-state index in [9.17, 15) is 0 Å². The van der Waals surface area contributed by atoms with E-state index < -0.39 is 0 Å². The van der Waals surface area contributed by atoms with Gasteiger partial charge in [-0.3, -0.25) is 0 Å². The molecule has 0 spiro atoms. The number of para-hydroxylation sites is 3. The molecule has 0 saturated carbocycles. The normalized spacial score (nSPS) is 12.2. The first-order valence-electron chi connectivity index (χ1n) is 22.0. The number of rotatable bonds is 8. The van der Waals surface area contributed by atoms with Crippen LogP contribution in [0, 0.1) is 0 Å². The van der Waals surface area contributed by atoms with Crippen molar-refractivity contribution in [3.05, 3.63) is 236 Å². The van der Waals surface area contributed by atoms with Gasteiger partial charge in [-0.1, -0.05) is 182 Å². The van der Waals surface area contributed by atoms with Crippen molar-refractivity contribution in [2.24, 2.45) is 0 Å². The number of benzene rings is 10. The van der Waals surface area contributed by atoms with Gasteiger partial charge in [0.25, 0.3) is 0 Å². The molecule has 2 aromatic heterocycles. The lowest BCUT2D eigenvalue weighted by molar-refractivity contribution is 1.12. The molecular weight excluding hydrogens is 794 g/mol. The maximum atomic E-state index is 4.03. The van der Waals surface area contributed by atoms with Gasteiger partial charge in [-0.15, -0.1) is 5.66 Å². The standard InChI is InChI=1S/C60H43N3P/c1-40(64)55-39-56-53-23-12-15-27-59(53)63(60(56)54-24-9-8-20-50(54)55)49-37-47(36-48(38-49)62-57-25-13-10-21-51(57)52-22-11-14-26-58(52)62)61(45-32-28-43(29-33-45)41-16-4-2-5-17-41)46-34-30-44(31-35-46)42-18-6-3-7-19-42/h2-40,64H,1H3/q-1. The molecule has 0 radical (unpaired) electrons. The van der Waals surface area contributed by atoms with E-state index in [1.54, 1.807) is 0 Å². The first kappa shape index (κ1) is 38.0. The summed E-state index contributed by atoms with van der Waals surface area (Å²) in [6.07, 6.45) is 0. The van der Waals surface area contributed by atoms with Crippen molar-refractivity contribution in [3.63, 3.8) is 0 Å². The number of nitrogens with zero attached hydrogens (tertiary/aromatic N) is 3. The fourth-order valence-corrected chi connectivity index (χ4v) is 10.2. The monoisotopic (exact) mass is 836 g/mol. The predicted octanol–water partition coefficient (Wildman–Crippen LogP) is 17.0. The van der Waals surface area contributed by atoms with Crippen molar-refractivity contribution in [2.75, 3.05) is 4.90 Å². The highest BCUT2D eigenvalue weighted by Gasteiger charge is 2.22. The second-order valence-corrected chi connectivity index (χ2v) is 17.6. The van der Waals surface area contributed by atoms with Gasteiger partial charge in [0, 0.05) is 38.3 Å². The minimum Gasteiger partial charge on any atom is -0.550 e. The zero-order valence-corrected chi connectivity index (χ0v) is 36.4. The third kappa shape index (κ3) is 6.31. The summed E-state index contributed by atoms with van der Waals surface area (Å²) >= 11 is 0. The van der Waals surface area contributed by atoms with E-state index in [0.717, 1.165) is 34.0 Å². The smallest absolute Gasteiger partial charge is 0.0619 e. The van der Waals surface area contributed by atoms with Crippen LogP contribution in [0.2, 0.25) is 0 Å². The van der Waals surface area contributed by atoms with Crippen LogP contribution in [0.25, 0.3) is 88.0 Å². The van der Waals surface area contributed by atoms with Gasteiger partial charge in [-0.2, -0.15) is 0 Å². The van der Waals surface area contributed by atoms with Crippen LogP contribution in [0.1, 0.15) is 18.1 Å². The number of hydrogen-bond acceptors (Lipinski definition) is 1. The van der Waals surface area contributed by atoms with Crippen LogP contribution in [-0.4, -0.2) is 9.13 Å². The van der Waals surface area contributed by atoms with Gasteiger partial charge in [0.05, 0.1) is 39.1 Å². The summed E-state index contributed by atoms with van der Waals surface area (Å²) in [7, 11) is 4.03. The van der Waals surface area contributed by atoms with E-state index >= 15 is 0 Å². The van der Waals surface area contributed by atoms with Crippen molar-refractivity contribution >= 4 is 80.7 Å². The van der Waals surface area contributed by atoms with Crippen LogP contribution in [0.5, 0.6) is 0 Å². The summed E-state index contributed by atoms with van der Waals surface area (Å²) in [6, 6.07) is 84.2. The van der Waals surface area contributed by atoms with Crippen LogP contribution < -0.4 is 4.90 Å². The molecule has 0 aliphatic rings. The Balaban J connectivity index is 1.17. The van der Waals surface area contributed by atoms with Gasteiger partial charge in [0.15, 0.2) is 0 Å². The number of aromatic nitrogens is 2. The van der Waals surface area contributed by atoms with E-state index in [0.29, 0.717) is 0 Å². The molecule has 0 N–H and O–H groups in total. The summed E-state index contributed by atoms with van der Waals surface area (Å²) in [5, 5.41) is 7.40. The third-order valence-electron chi connectivity index (χ3n) is 12.9. The Hall–Kier alpha value is -7.71. The van der Waals surface area contributed by atoms with E-state index in [1.807, 2.05) is 0 Å². The molecule has 0 aliphatic carbocycles. The van der Waals surface area contributed by atoms with Gasteiger partial charge in [0.1, 0.15) is 0 Å². The van der Waals surface area contributed by atoms with Crippen molar-refractivity contribution < 1.29 is 0 Å². The Morgan fingerprint density at radius 2 is 0.734 bits per heavy atom. The molecule has 304 valence electrons. The Morgan fingerprint density at radius 1 is 0.344 bits per heavy atom. The quantitative estimate of drug-likeness (QED) is 0.139. The summed E-state index contributed by atoms with van der Waals surface area (Å²) in [4.78, 5) is 2.42. The zero-order valence-electron chi connectivity index (χ0n) is 35.4. The molecule has 12 aromatic rings. The van der Waals surface area contributed by atoms with Gasteiger partial charge in [-0.25, -0.2) is 0 Å². The van der Waals surface area contributed by atoms with Crippen LogP contribution in [0.3, 0.4) is 0 Å². The lowest BCUT2D eigenvalue weighted by Crippen LogP contribution is -2.12. The fraction of sp³-hybridized carbons (Fsp3) is 0.0333. The minimum atomic E-state index is 0.178. The van der Waals surface area contributed by atoms with Crippen LogP contribution in [0.4, 0.5) is 17.1 Å². The van der Waals surface area contributed by atoms with Crippen molar-refractivity contribution in [1.29, 1.82) is 0 Å². The molecule has 4 heteroatoms. The van der Waals surface area contributed by atoms with Crippen molar-refractivity contribution in [3.8, 4) is 33.6 Å². The molecule has 0 bridgehead atoms. The molecule has 1 atom stereocenters. The fourth-order valence-electron chi connectivity index (χ4n) is 9.96. The summed E-state index contributed by atoms with van der Waals surface area (Å²) in [6.45, 7) is 2.22. The SMILES string of the molecule is CC([PH-])c1cc2c3ccccc3n(-c3cc(N(c4ccc(-c5ccccc5)cc4)c4ccc(-c5ccccc5)cc4)cc(-n4c5ccccc5c5ccccc54)c3)c2c2ccccc12. The van der Waals surface area contributed by atoms with Crippen LogP contribution in [0.15, 0.2) is 231 Å². The molecule has 2 heterocycles. The van der Waals surface area contributed by atoms with Gasteiger partial charge in [-0.05, 0) is 88.3 Å². The molecule has 3 nitrogen and oxygen atoms in total. The number of anilines is 3. The van der Waals surface area contributed by atoms with Gasteiger partial charge < -0.3 is 23.3 Å². The molecular formula is C60H43N3P-. The Labute approximate surface area is 375 Å². The van der Waals surface area contributed by atoms with Crippen LogP contribution >= 0.6 is 9.24 Å². The maximum absolute atomic E-state index is 4.03. The Morgan fingerprint density at radius 3 is 1.23 bits per heavy atom. The average molecular weight is 837 g/mol. The molecule has 0 aliphatic heterocycles. The van der Waals surface area contributed by atoms with E-state index in [-0.39, 0.29) is 5.66 Å². The predicted molar refractivity (Wildman–Crippen MR) is 275 cm³/mol. The molecule has 12 rings (SSSR count). The second-order valence-electron chi connectivity index (χ2n) is 16.7. The second kappa shape index (κ2) is 15.6. The summed E-state index contributed by atoms with van der Waals surface area (Å²) in [5.41, 5.74) is 16.3. The maximum Gasteiger partial charge on any atom is 0.0619 e. The minimum absolute atomic E-state index is 0.178. The first-order valence-corrected chi connectivity index (χ1v) is 22.6. The lowest BCUT2D eigenvalue weighted by atomic mass is 9.98. The zero-order chi connectivity index (χ0) is 42.7. The Bertz CT molecular complexity index is 3540. The third-order valence-corrected chi connectivity index (χ3v) is 13.2. The highest BCUT2D eigenvalue weighted by atomic mass is 31.0. The van der Waals surface area contributed by atoms with Crippen molar-refractivity contribution in [2.45, 2.75) is 12.6 Å². The highest BCUT2D eigenvalue weighted by molar-refractivity contribution is 7.17. The molecule has 0 saturated heterocycles. The van der Waals surface area contributed by atoms with Crippen molar-refractivity contribution in [1.82, 2.24) is 9.13 Å².